The number of likely N-dealkylation sites (tertiary alicyclic amines) is 1. The van der Waals surface area contributed by atoms with Crippen molar-refractivity contribution in [1.29, 1.82) is 0 Å². The summed E-state index contributed by atoms with van der Waals surface area (Å²) in [6.07, 6.45) is 14.1. The van der Waals surface area contributed by atoms with Gasteiger partial charge in [-0.1, -0.05) is 72.6 Å². The monoisotopic (exact) mass is 295 g/mol. The minimum Gasteiger partial charge on any atom is -0.295 e. The Morgan fingerprint density at radius 1 is 0.905 bits per heavy atom. The summed E-state index contributed by atoms with van der Waals surface area (Å²) in [5.41, 5.74) is 0.406. The third kappa shape index (κ3) is 6.30. The third-order valence-corrected chi connectivity index (χ3v) is 5.45. The van der Waals surface area contributed by atoms with Gasteiger partial charge < -0.3 is 0 Å². The zero-order valence-electron chi connectivity index (χ0n) is 15.8. The zero-order valence-corrected chi connectivity index (χ0v) is 15.8. The molecule has 0 radical (unpaired) electrons. The van der Waals surface area contributed by atoms with Crippen molar-refractivity contribution in [2.24, 2.45) is 5.41 Å². The first kappa shape index (κ1) is 19.0. The van der Waals surface area contributed by atoms with Gasteiger partial charge in [0.05, 0.1) is 0 Å². The van der Waals surface area contributed by atoms with E-state index in [0.29, 0.717) is 5.41 Å². The Morgan fingerprint density at radius 2 is 1.43 bits per heavy atom. The van der Waals surface area contributed by atoms with E-state index in [-0.39, 0.29) is 0 Å². The molecule has 0 aromatic heterocycles. The van der Waals surface area contributed by atoms with Gasteiger partial charge in [0.1, 0.15) is 0 Å². The molecule has 1 saturated heterocycles. The Balaban J connectivity index is 2.51. The molecule has 0 amide bonds. The summed E-state index contributed by atoms with van der Waals surface area (Å²) < 4.78 is 0. The van der Waals surface area contributed by atoms with E-state index in [1.54, 1.807) is 0 Å². The molecule has 1 rings (SSSR count). The molecule has 21 heavy (non-hydrogen) atoms. The number of rotatable bonds is 8. The van der Waals surface area contributed by atoms with E-state index in [1.807, 2.05) is 0 Å². The Bertz CT molecular complexity index is 256. The van der Waals surface area contributed by atoms with Gasteiger partial charge in [-0.2, -0.15) is 0 Å². The summed E-state index contributed by atoms with van der Waals surface area (Å²) >= 11 is 0. The normalized spacial score (nSPS) is 26.0. The van der Waals surface area contributed by atoms with Crippen LogP contribution in [0.3, 0.4) is 0 Å². The highest BCUT2D eigenvalue weighted by atomic mass is 15.2. The minimum atomic E-state index is 0.406. The summed E-state index contributed by atoms with van der Waals surface area (Å²) in [5, 5.41) is 0. The van der Waals surface area contributed by atoms with Crippen LogP contribution in [0.5, 0.6) is 0 Å². The van der Waals surface area contributed by atoms with Crippen molar-refractivity contribution in [3.05, 3.63) is 0 Å². The molecule has 1 heterocycles. The molecule has 0 N–H and O–H groups in total. The second-order valence-corrected chi connectivity index (χ2v) is 8.51. The summed E-state index contributed by atoms with van der Waals surface area (Å²) in [5.74, 6) is 0. The van der Waals surface area contributed by atoms with Gasteiger partial charge in [-0.3, -0.25) is 4.90 Å². The maximum absolute atomic E-state index is 2.87. The van der Waals surface area contributed by atoms with Gasteiger partial charge >= 0.3 is 0 Å². The quantitative estimate of drug-likeness (QED) is 0.467. The van der Waals surface area contributed by atoms with Gasteiger partial charge in [0.15, 0.2) is 0 Å². The van der Waals surface area contributed by atoms with Gasteiger partial charge in [0, 0.05) is 18.1 Å². The molecule has 0 aliphatic carbocycles. The topological polar surface area (TPSA) is 3.24 Å². The van der Waals surface area contributed by atoms with Crippen LogP contribution in [0.4, 0.5) is 0 Å². The average Bonchev–Trinajstić information content (AvgIpc) is 2.39. The Labute approximate surface area is 134 Å². The van der Waals surface area contributed by atoms with E-state index in [4.69, 9.17) is 0 Å². The first-order chi connectivity index (χ1) is 9.88. The Morgan fingerprint density at radius 3 is 1.95 bits per heavy atom. The van der Waals surface area contributed by atoms with E-state index in [9.17, 15) is 0 Å². The number of piperidine rings is 1. The maximum atomic E-state index is 2.87. The molecule has 0 aromatic carbocycles. The predicted octanol–water partition coefficient (Wildman–Crippen LogP) is 6.41. The van der Waals surface area contributed by atoms with Crippen molar-refractivity contribution in [3.8, 4) is 0 Å². The standard InChI is InChI=1S/C20H41N/c1-7-8-9-10-11-12-16-19(20(4,5)6)21-17(2)14-13-15-18(21)3/h17-19H,7-16H2,1-6H3. The van der Waals surface area contributed by atoms with Crippen LogP contribution in [0.25, 0.3) is 0 Å². The van der Waals surface area contributed by atoms with Crippen LogP contribution in [0, 0.1) is 5.41 Å². The molecule has 0 aromatic rings. The van der Waals surface area contributed by atoms with E-state index in [2.05, 4.69) is 46.4 Å². The van der Waals surface area contributed by atoms with Crippen molar-refractivity contribution < 1.29 is 0 Å². The van der Waals surface area contributed by atoms with Crippen LogP contribution in [-0.4, -0.2) is 23.0 Å². The van der Waals surface area contributed by atoms with E-state index in [0.717, 1.165) is 18.1 Å². The first-order valence-electron chi connectivity index (χ1n) is 9.65. The summed E-state index contributed by atoms with van der Waals surface area (Å²) in [7, 11) is 0. The molecule has 1 heteroatoms. The SMILES string of the molecule is CCCCCCCCC(N1C(C)CCCC1C)C(C)(C)C. The second-order valence-electron chi connectivity index (χ2n) is 8.51. The lowest BCUT2D eigenvalue weighted by Crippen LogP contribution is -2.54. The molecule has 0 bridgehead atoms. The molecule has 126 valence electrons. The number of unbranched alkanes of at least 4 members (excludes halogenated alkanes) is 5. The van der Waals surface area contributed by atoms with Crippen LogP contribution in [-0.2, 0) is 0 Å². The van der Waals surface area contributed by atoms with Crippen molar-refractivity contribution in [1.82, 2.24) is 4.90 Å². The molecule has 3 unspecified atom stereocenters. The fourth-order valence-electron chi connectivity index (χ4n) is 4.20. The first-order valence-corrected chi connectivity index (χ1v) is 9.65. The number of hydrogen-bond acceptors (Lipinski definition) is 1. The summed E-state index contributed by atoms with van der Waals surface area (Å²) in [4.78, 5) is 2.87. The average molecular weight is 296 g/mol. The molecule has 3 atom stereocenters. The molecular weight excluding hydrogens is 254 g/mol. The van der Waals surface area contributed by atoms with Crippen LogP contribution >= 0.6 is 0 Å². The molecule has 1 aliphatic heterocycles. The van der Waals surface area contributed by atoms with E-state index >= 15 is 0 Å². The number of nitrogens with zero attached hydrogens (tertiary/aromatic N) is 1. The lowest BCUT2D eigenvalue weighted by molar-refractivity contribution is -0.00197. The zero-order chi connectivity index (χ0) is 15.9. The lowest BCUT2D eigenvalue weighted by atomic mass is 9.79. The third-order valence-electron chi connectivity index (χ3n) is 5.45. The van der Waals surface area contributed by atoms with E-state index < -0.39 is 0 Å². The fraction of sp³-hybridized carbons (Fsp3) is 1.00. The highest BCUT2D eigenvalue weighted by Gasteiger charge is 2.36. The van der Waals surface area contributed by atoms with Gasteiger partial charge in [-0.15, -0.1) is 0 Å². The van der Waals surface area contributed by atoms with Crippen LogP contribution < -0.4 is 0 Å². The van der Waals surface area contributed by atoms with Crippen LogP contribution in [0.1, 0.15) is 106 Å². The Kier molecular flexibility index (Phi) is 8.31. The van der Waals surface area contributed by atoms with Crippen molar-refractivity contribution in [3.63, 3.8) is 0 Å². The van der Waals surface area contributed by atoms with Crippen LogP contribution in [0.2, 0.25) is 0 Å². The molecule has 0 spiro atoms. The molecular formula is C20H41N. The van der Waals surface area contributed by atoms with Crippen molar-refractivity contribution >= 4 is 0 Å². The minimum absolute atomic E-state index is 0.406. The van der Waals surface area contributed by atoms with Crippen molar-refractivity contribution in [2.45, 2.75) is 124 Å². The lowest BCUT2D eigenvalue weighted by Gasteiger charge is -2.49. The second kappa shape index (κ2) is 9.18. The highest BCUT2D eigenvalue weighted by Crippen LogP contribution is 2.35. The van der Waals surface area contributed by atoms with Gasteiger partial charge in [0.25, 0.3) is 0 Å². The largest absolute Gasteiger partial charge is 0.295 e. The molecule has 0 saturated carbocycles. The van der Waals surface area contributed by atoms with Gasteiger partial charge in [-0.05, 0) is 38.5 Å². The summed E-state index contributed by atoms with van der Waals surface area (Å²) in [6, 6.07) is 2.31. The van der Waals surface area contributed by atoms with Crippen molar-refractivity contribution in [2.75, 3.05) is 0 Å². The Hall–Kier alpha value is -0.0400. The molecule has 1 fully saturated rings. The number of hydrogen-bond donors (Lipinski definition) is 0. The fourth-order valence-corrected chi connectivity index (χ4v) is 4.20. The van der Waals surface area contributed by atoms with Crippen LogP contribution in [0.15, 0.2) is 0 Å². The maximum Gasteiger partial charge on any atom is 0.0149 e. The highest BCUT2D eigenvalue weighted by molar-refractivity contribution is 4.91. The van der Waals surface area contributed by atoms with Gasteiger partial charge in [0.2, 0.25) is 0 Å². The molecule has 1 nitrogen and oxygen atoms in total. The van der Waals surface area contributed by atoms with Gasteiger partial charge in [-0.25, -0.2) is 0 Å². The smallest absolute Gasteiger partial charge is 0.0149 e. The molecule has 1 aliphatic rings. The summed E-state index contributed by atoms with van der Waals surface area (Å²) in [6.45, 7) is 14.6. The predicted molar refractivity (Wildman–Crippen MR) is 95.9 cm³/mol. The van der Waals surface area contributed by atoms with E-state index in [1.165, 1.54) is 64.2 Å².